The molecule has 0 amide bonds. The number of nitrogens with zero attached hydrogens (tertiary/aromatic N) is 1. The lowest BCUT2D eigenvalue weighted by Gasteiger charge is -2.26. The molecule has 1 saturated heterocycles. The predicted molar refractivity (Wildman–Crippen MR) is 98.4 cm³/mol. The van der Waals surface area contributed by atoms with Gasteiger partial charge in [0.25, 0.3) is 0 Å². The van der Waals surface area contributed by atoms with Crippen LogP contribution < -0.4 is 10.2 Å². The molecule has 0 saturated carbocycles. The van der Waals surface area contributed by atoms with Crippen molar-refractivity contribution in [2.45, 2.75) is 0 Å². The van der Waals surface area contributed by atoms with Gasteiger partial charge in [-0.1, -0.05) is 12.1 Å². The Kier molecular flexibility index (Phi) is 4.47. The number of fused-ring (bicyclic) bond motifs is 2. The first-order valence-electron chi connectivity index (χ1n) is 8.20. The standard InChI is InChI=1S/C19H19NO3S/c21-19-15-3-1-2-4-17(15)24-18-13-14(5-6-16(18)19)23-12-9-20-7-10-22-11-8-20/h1-6,13H,7-12H2. The molecule has 2 aromatic carbocycles. The van der Waals surface area contributed by atoms with E-state index in [1.807, 2.05) is 42.5 Å². The molecule has 1 aliphatic rings. The Morgan fingerprint density at radius 3 is 2.71 bits per heavy atom. The van der Waals surface area contributed by atoms with Crippen LogP contribution in [0.25, 0.3) is 20.2 Å². The van der Waals surface area contributed by atoms with E-state index in [1.54, 1.807) is 11.3 Å². The van der Waals surface area contributed by atoms with E-state index < -0.39 is 0 Å². The summed E-state index contributed by atoms with van der Waals surface area (Å²) in [6.07, 6.45) is 0. The Morgan fingerprint density at radius 2 is 1.83 bits per heavy atom. The van der Waals surface area contributed by atoms with Gasteiger partial charge >= 0.3 is 0 Å². The average Bonchev–Trinajstić information content (AvgIpc) is 2.63. The fourth-order valence-corrected chi connectivity index (χ4v) is 4.09. The topological polar surface area (TPSA) is 38.8 Å². The second-order valence-corrected chi connectivity index (χ2v) is 6.97. The van der Waals surface area contributed by atoms with Gasteiger partial charge in [0, 0.05) is 39.8 Å². The zero-order valence-corrected chi connectivity index (χ0v) is 14.2. The highest BCUT2D eigenvalue weighted by molar-refractivity contribution is 7.24. The molecule has 3 aromatic rings. The molecule has 124 valence electrons. The van der Waals surface area contributed by atoms with Crippen LogP contribution >= 0.6 is 11.3 Å². The van der Waals surface area contributed by atoms with Gasteiger partial charge in [0.2, 0.25) is 0 Å². The fraction of sp³-hybridized carbons (Fsp3) is 0.316. The van der Waals surface area contributed by atoms with Crippen molar-refractivity contribution in [3.8, 4) is 5.75 Å². The fourth-order valence-electron chi connectivity index (χ4n) is 2.99. The van der Waals surface area contributed by atoms with E-state index in [4.69, 9.17) is 9.47 Å². The first-order chi connectivity index (χ1) is 11.8. The van der Waals surface area contributed by atoms with Crippen LogP contribution in [0, 0.1) is 0 Å². The molecule has 1 aromatic heterocycles. The zero-order valence-electron chi connectivity index (χ0n) is 13.4. The molecule has 1 fully saturated rings. The molecule has 0 unspecified atom stereocenters. The Bertz CT molecular complexity index is 915. The minimum absolute atomic E-state index is 0.0965. The monoisotopic (exact) mass is 341 g/mol. The van der Waals surface area contributed by atoms with Crippen molar-refractivity contribution in [1.82, 2.24) is 4.90 Å². The highest BCUT2D eigenvalue weighted by Gasteiger charge is 2.10. The molecule has 0 N–H and O–H groups in total. The van der Waals surface area contributed by atoms with Crippen LogP contribution in [0.1, 0.15) is 0 Å². The van der Waals surface area contributed by atoms with Crippen molar-refractivity contribution in [2.24, 2.45) is 0 Å². The van der Waals surface area contributed by atoms with Crippen molar-refractivity contribution in [2.75, 3.05) is 39.5 Å². The largest absolute Gasteiger partial charge is 0.492 e. The van der Waals surface area contributed by atoms with Crippen molar-refractivity contribution in [3.63, 3.8) is 0 Å². The highest BCUT2D eigenvalue weighted by Crippen LogP contribution is 2.27. The lowest BCUT2D eigenvalue weighted by molar-refractivity contribution is 0.0322. The second-order valence-electron chi connectivity index (χ2n) is 5.89. The van der Waals surface area contributed by atoms with Gasteiger partial charge in [0.05, 0.1) is 13.2 Å². The van der Waals surface area contributed by atoms with Crippen molar-refractivity contribution >= 4 is 31.5 Å². The molecule has 0 atom stereocenters. The molecule has 0 spiro atoms. The molecule has 24 heavy (non-hydrogen) atoms. The van der Waals surface area contributed by atoms with Gasteiger partial charge in [0.1, 0.15) is 12.4 Å². The van der Waals surface area contributed by atoms with Crippen LogP contribution in [0.2, 0.25) is 0 Å². The van der Waals surface area contributed by atoms with Gasteiger partial charge in [-0.25, -0.2) is 0 Å². The molecular weight excluding hydrogens is 322 g/mol. The van der Waals surface area contributed by atoms with E-state index in [-0.39, 0.29) is 5.43 Å². The molecule has 1 aliphatic heterocycles. The summed E-state index contributed by atoms with van der Waals surface area (Å²) < 4.78 is 13.2. The third-order valence-electron chi connectivity index (χ3n) is 4.33. The Labute approximate surface area is 144 Å². The number of hydrogen-bond acceptors (Lipinski definition) is 5. The summed E-state index contributed by atoms with van der Waals surface area (Å²) in [5.74, 6) is 0.821. The molecule has 0 bridgehead atoms. The predicted octanol–water partition coefficient (Wildman–Crippen LogP) is 3.13. The van der Waals surface area contributed by atoms with Crippen molar-refractivity contribution in [1.29, 1.82) is 0 Å². The van der Waals surface area contributed by atoms with Crippen LogP contribution in [0.3, 0.4) is 0 Å². The molecule has 0 aliphatic carbocycles. The van der Waals surface area contributed by atoms with E-state index in [0.29, 0.717) is 6.61 Å². The molecule has 5 heteroatoms. The van der Waals surface area contributed by atoms with Crippen LogP contribution in [0.15, 0.2) is 47.3 Å². The van der Waals surface area contributed by atoms with Crippen LogP contribution in [-0.4, -0.2) is 44.4 Å². The summed E-state index contributed by atoms with van der Waals surface area (Å²) in [5.41, 5.74) is 0.0965. The molecule has 4 nitrogen and oxygen atoms in total. The third-order valence-corrected chi connectivity index (χ3v) is 5.46. The van der Waals surface area contributed by atoms with E-state index in [0.717, 1.165) is 58.8 Å². The number of hydrogen-bond donors (Lipinski definition) is 0. The van der Waals surface area contributed by atoms with E-state index >= 15 is 0 Å². The van der Waals surface area contributed by atoms with Gasteiger partial charge in [-0.2, -0.15) is 0 Å². The number of ether oxygens (including phenoxy) is 2. The smallest absolute Gasteiger partial charge is 0.195 e. The summed E-state index contributed by atoms with van der Waals surface area (Å²) >= 11 is 1.63. The molecule has 0 radical (unpaired) electrons. The normalized spacial score (nSPS) is 15.8. The average molecular weight is 341 g/mol. The molecule has 4 rings (SSSR count). The third kappa shape index (κ3) is 3.15. The maximum atomic E-state index is 12.6. The summed E-state index contributed by atoms with van der Waals surface area (Å²) in [5, 5.41) is 1.55. The summed E-state index contributed by atoms with van der Waals surface area (Å²) in [7, 11) is 0. The van der Waals surface area contributed by atoms with Gasteiger partial charge in [0.15, 0.2) is 5.43 Å². The SMILES string of the molecule is O=c1c2ccccc2sc2cc(OCCN3CCOCC3)ccc12. The Balaban J connectivity index is 1.54. The lowest BCUT2D eigenvalue weighted by Crippen LogP contribution is -2.38. The molecular formula is C19H19NO3S. The number of morpholine rings is 1. The second kappa shape index (κ2) is 6.89. The quantitative estimate of drug-likeness (QED) is 0.684. The van der Waals surface area contributed by atoms with Crippen molar-refractivity contribution < 1.29 is 9.47 Å². The van der Waals surface area contributed by atoms with Gasteiger partial charge in [-0.3, -0.25) is 9.69 Å². The van der Waals surface area contributed by atoms with Crippen molar-refractivity contribution in [3.05, 3.63) is 52.7 Å². The van der Waals surface area contributed by atoms with Gasteiger partial charge < -0.3 is 9.47 Å². The zero-order chi connectivity index (χ0) is 16.4. The first-order valence-corrected chi connectivity index (χ1v) is 9.01. The van der Waals surface area contributed by atoms with Crippen LogP contribution in [-0.2, 0) is 4.74 Å². The maximum absolute atomic E-state index is 12.6. The van der Waals surface area contributed by atoms with E-state index in [1.165, 1.54) is 0 Å². The number of benzene rings is 2. The first kappa shape index (κ1) is 15.6. The Hall–Kier alpha value is -1.95. The lowest BCUT2D eigenvalue weighted by atomic mass is 10.2. The number of rotatable bonds is 4. The Morgan fingerprint density at radius 1 is 1.04 bits per heavy atom. The van der Waals surface area contributed by atoms with Crippen LogP contribution in [0.4, 0.5) is 0 Å². The maximum Gasteiger partial charge on any atom is 0.195 e. The van der Waals surface area contributed by atoms with Gasteiger partial charge in [-0.05, 0) is 30.3 Å². The minimum Gasteiger partial charge on any atom is -0.492 e. The van der Waals surface area contributed by atoms with Crippen LogP contribution in [0.5, 0.6) is 5.75 Å². The molecule has 2 heterocycles. The summed E-state index contributed by atoms with van der Waals surface area (Å²) in [6, 6.07) is 13.5. The minimum atomic E-state index is 0.0965. The van der Waals surface area contributed by atoms with Gasteiger partial charge in [-0.15, -0.1) is 11.3 Å². The summed E-state index contributed by atoms with van der Waals surface area (Å²) in [4.78, 5) is 14.9. The van der Waals surface area contributed by atoms with E-state index in [9.17, 15) is 4.79 Å². The highest BCUT2D eigenvalue weighted by atomic mass is 32.1. The van der Waals surface area contributed by atoms with E-state index in [2.05, 4.69) is 4.90 Å². The summed E-state index contributed by atoms with van der Waals surface area (Å²) in [6.45, 7) is 5.08.